The first-order valence-corrected chi connectivity index (χ1v) is 7.26. The minimum absolute atomic E-state index is 0.191. The number of benzene rings is 1. The van der Waals surface area contributed by atoms with Crippen molar-refractivity contribution in [2.45, 2.75) is 32.8 Å². The molecule has 104 valence electrons. The highest BCUT2D eigenvalue weighted by atomic mass is 35.5. The molecule has 0 unspecified atom stereocenters. The van der Waals surface area contributed by atoms with Gasteiger partial charge in [0.1, 0.15) is 0 Å². The standard InChI is InChI=1S/C14H19ClN2OS/c1-9-7-10(2)13(12(15)8-9)16-14(19)17-5-3-11(18)4-6-17/h7-8,11,18H,3-6H2,1-2H3,(H,16,19). The van der Waals surface area contributed by atoms with E-state index >= 15 is 0 Å². The summed E-state index contributed by atoms with van der Waals surface area (Å²) in [7, 11) is 0. The molecule has 1 aromatic carbocycles. The molecule has 0 saturated carbocycles. The van der Waals surface area contributed by atoms with E-state index in [1.807, 2.05) is 19.9 Å². The number of likely N-dealkylation sites (tertiary alicyclic amines) is 1. The monoisotopic (exact) mass is 298 g/mol. The molecule has 1 saturated heterocycles. The van der Waals surface area contributed by atoms with Crippen molar-refractivity contribution in [3.63, 3.8) is 0 Å². The van der Waals surface area contributed by atoms with Gasteiger partial charge in [-0.1, -0.05) is 17.7 Å². The first-order valence-electron chi connectivity index (χ1n) is 6.48. The summed E-state index contributed by atoms with van der Waals surface area (Å²) in [6.45, 7) is 5.61. The van der Waals surface area contributed by atoms with Crippen molar-refractivity contribution in [3.05, 3.63) is 28.3 Å². The molecule has 0 aliphatic carbocycles. The highest BCUT2D eigenvalue weighted by molar-refractivity contribution is 7.80. The first-order chi connectivity index (χ1) is 8.97. The van der Waals surface area contributed by atoms with Crippen molar-refractivity contribution in [2.24, 2.45) is 0 Å². The Morgan fingerprint density at radius 3 is 2.58 bits per heavy atom. The molecule has 3 nitrogen and oxygen atoms in total. The smallest absolute Gasteiger partial charge is 0.173 e. The zero-order valence-electron chi connectivity index (χ0n) is 11.2. The van der Waals surface area contributed by atoms with Crippen molar-refractivity contribution in [2.75, 3.05) is 18.4 Å². The zero-order chi connectivity index (χ0) is 14.0. The van der Waals surface area contributed by atoms with E-state index in [9.17, 15) is 5.11 Å². The van der Waals surface area contributed by atoms with E-state index in [1.165, 1.54) is 0 Å². The van der Waals surface area contributed by atoms with E-state index in [0.717, 1.165) is 42.7 Å². The molecule has 2 rings (SSSR count). The number of thiocarbonyl (C=S) groups is 1. The second-order valence-electron chi connectivity index (χ2n) is 5.09. The molecule has 0 radical (unpaired) electrons. The summed E-state index contributed by atoms with van der Waals surface area (Å²) < 4.78 is 0. The molecule has 2 N–H and O–H groups in total. The number of hydrogen-bond acceptors (Lipinski definition) is 2. The van der Waals surface area contributed by atoms with Crippen molar-refractivity contribution in [1.82, 2.24) is 4.90 Å². The third kappa shape index (κ3) is 3.59. The number of aryl methyl sites for hydroxylation is 2. The van der Waals surface area contributed by atoms with Crippen molar-refractivity contribution in [1.29, 1.82) is 0 Å². The predicted molar refractivity (Wildman–Crippen MR) is 84.0 cm³/mol. The Bertz CT molecular complexity index is 461. The molecule has 1 aliphatic heterocycles. The average Bonchev–Trinajstić information content (AvgIpc) is 2.34. The maximum atomic E-state index is 9.51. The van der Waals surface area contributed by atoms with Gasteiger partial charge in [-0.2, -0.15) is 0 Å². The molecule has 5 heteroatoms. The lowest BCUT2D eigenvalue weighted by Gasteiger charge is -2.32. The van der Waals surface area contributed by atoms with Crippen LogP contribution in [-0.2, 0) is 0 Å². The van der Waals surface area contributed by atoms with Crippen molar-refractivity contribution in [3.8, 4) is 0 Å². The largest absolute Gasteiger partial charge is 0.393 e. The first kappa shape index (κ1) is 14.6. The Hall–Kier alpha value is -0.840. The summed E-state index contributed by atoms with van der Waals surface area (Å²) in [6, 6.07) is 4.01. The molecular formula is C14H19ClN2OS. The third-order valence-corrected chi connectivity index (χ3v) is 4.07. The van der Waals surface area contributed by atoms with Crippen molar-refractivity contribution < 1.29 is 5.11 Å². The summed E-state index contributed by atoms with van der Waals surface area (Å²) in [5.41, 5.74) is 3.10. The Balaban J connectivity index is 2.07. The number of nitrogens with zero attached hydrogens (tertiary/aromatic N) is 1. The van der Waals surface area contributed by atoms with Crippen LogP contribution >= 0.6 is 23.8 Å². The van der Waals surface area contributed by atoms with Gasteiger partial charge in [-0.3, -0.25) is 0 Å². The molecule has 1 fully saturated rings. The number of rotatable bonds is 1. The Kier molecular flexibility index (Phi) is 4.66. The average molecular weight is 299 g/mol. The van der Waals surface area contributed by atoms with Crippen molar-refractivity contribution >= 4 is 34.6 Å². The summed E-state index contributed by atoms with van der Waals surface area (Å²) in [5, 5.41) is 14.1. The number of aliphatic hydroxyl groups is 1. The maximum absolute atomic E-state index is 9.51. The maximum Gasteiger partial charge on any atom is 0.173 e. The molecule has 0 spiro atoms. The lowest BCUT2D eigenvalue weighted by Crippen LogP contribution is -2.42. The molecule has 1 heterocycles. The van der Waals surface area contributed by atoms with Gasteiger partial charge in [0.25, 0.3) is 0 Å². The fraction of sp³-hybridized carbons (Fsp3) is 0.500. The lowest BCUT2D eigenvalue weighted by molar-refractivity contribution is 0.110. The van der Waals surface area contributed by atoms with Crippen LogP contribution in [0.15, 0.2) is 12.1 Å². The number of halogens is 1. The number of aliphatic hydroxyl groups excluding tert-OH is 1. The van der Waals surface area contributed by atoms with E-state index in [4.69, 9.17) is 23.8 Å². The van der Waals surface area contributed by atoms with Crippen LogP contribution in [0.3, 0.4) is 0 Å². The van der Waals surface area contributed by atoms with Crippen LogP contribution in [-0.4, -0.2) is 34.3 Å². The summed E-state index contributed by atoms with van der Waals surface area (Å²) in [5.74, 6) is 0. The SMILES string of the molecule is Cc1cc(C)c(NC(=S)N2CCC(O)CC2)c(Cl)c1. The Morgan fingerprint density at radius 1 is 1.37 bits per heavy atom. The minimum atomic E-state index is -0.191. The second kappa shape index (κ2) is 6.07. The quantitative estimate of drug-likeness (QED) is 0.781. The zero-order valence-corrected chi connectivity index (χ0v) is 12.8. The minimum Gasteiger partial charge on any atom is -0.393 e. The highest BCUT2D eigenvalue weighted by Gasteiger charge is 2.19. The van der Waals surface area contributed by atoms with Gasteiger partial charge < -0.3 is 15.3 Å². The summed E-state index contributed by atoms with van der Waals surface area (Å²) in [4.78, 5) is 2.08. The predicted octanol–water partition coefficient (Wildman–Crippen LogP) is 3.11. The number of hydrogen-bond donors (Lipinski definition) is 2. The van der Waals surface area contributed by atoms with Gasteiger partial charge >= 0.3 is 0 Å². The normalized spacial score (nSPS) is 16.5. The van der Waals surface area contributed by atoms with Gasteiger partial charge in [-0.05, 0) is 56.1 Å². The highest BCUT2D eigenvalue weighted by Crippen LogP contribution is 2.27. The van der Waals surface area contributed by atoms with E-state index < -0.39 is 0 Å². The van der Waals surface area contributed by atoms with E-state index in [0.29, 0.717) is 10.1 Å². The van der Waals surface area contributed by atoms with Gasteiger partial charge in [0.15, 0.2) is 5.11 Å². The number of piperidine rings is 1. The van der Waals surface area contributed by atoms with E-state index in [1.54, 1.807) is 0 Å². The summed E-state index contributed by atoms with van der Waals surface area (Å²) >= 11 is 11.7. The fourth-order valence-corrected chi connectivity index (χ4v) is 2.98. The van der Waals surface area contributed by atoms with Crippen LogP contribution in [0.25, 0.3) is 0 Å². The van der Waals surface area contributed by atoms with Crippen LogP contribution in [0, 0.1) is 13.8 Å². The Labute approximate surface area is 124 Å². The molecule has 0 aromatic heterocycles. The molecule has 19 heavy (non-hydrogen) atoms. The van der Waals surface area contributed by atoms with E-state index in [2.05, 4.69) is 16.3 Å². The van der Waals surface area contributed by atoms with Crippen LogP contribution in [0.1, 0.15) is 24.0 Å². The van der Waals surface area contributed by atoms with Gasteiger partial charge in [0.2, 0.25) is 0 Å². The molecule has 1 aromatic rings. The molecule has 0 amide bonds. The summed E-state index contributed by atoms with van der Waals surface area (Å²) in [6.07, 6.45) is 1.34. The topological polar surface area (TPSA) is 35.5 Å². The van der Waals surface area contributed by atoms with Gasteiger partial charge in [-0.15, -0.1) is 0 Å². The van der Waals surface area contributed by atoms with Crippen LogP contribution in [0.2, 0.25) is 5.02 Å². The molecular weight excluding hydrogens is 280 g/mol. The third-order valence-electron chi connectivity index (χ3n) is 3.42. The molecule has 1 aliphatic rings. The van der Waals surface area contributed by atoms with Gasteiger partial charge in [0.05, 0.1) is 16.8 Å². The van der Waals surface area contributed by atoms with Gasteiger partial charge in [-0.25, -0.2) is 0 Å². The fourth-order valence-electron chi connectivity index (χ4n) is 2.33. The van der Waals surface area contributed by atoms with Crippen LogP contribution in [0.5, 0.6) is 0 Å². The Morgan fingerprint density at radius 2 is 2.00 bits per heavy atom. The molecule has 0 atom stereocenters. The van der Waals surface area contributed by atoms with E-state index in [-0.39, 0.29) is 6.10 Å². The van der Waals surface area contributed by atoms with Crippen LogP contribution in [0.4, 0.5) is 5.69 Å². The van der Waals surface area contributed by atoms with Gasteiger partial charge in [0, 0.05) is 13.1 Å². The second-order valence-corrected chi connectivity index (χ2v) is 5.88. The molecule has 0 bridgehead atoms. The lowest BCUT2D eigenvalue weighted by atomic mass is 10.1. The van der Waals surface area contributed by atoms with Crippen LogP contribution < -0.4 is 5.32 Å². The number of anilines is 1. The number of nitrogens with one attached hydrogen (secondary N) is 1.